The molecule has 1 fully saturated rings. The van der Waals surface area contributed by atoms with E-state index >= 15 is 0 Å². The van der Waals surface area contributed by atoms with Crippen molar-refractivity contribution in [3.05, 3.63) is 41.6 Å². The second-order valence-corrected chi connectivity index (χ2v) is 10.5. The number of aromatic nitrogens is 2. The minimum atomic E-state index is -0.188. The van der Waals surface area contributed by atoms with Crippen LogP contribution in [0.25, 0.3) is 5.69 Å². The minimum Gasteiger partial charge on any atom is -0.333 e. The maximum absolute atomic E-state index is 13.1. The molecule has 1 saturated carbocycles. The van der Waals surface area contributed by atoms with Crippen molar-refractivity contribution in [2.75, 3.05) is 18.4 Å². The van der Waals surface area contributed by atoms with Crippen molar-refractivity contribution in [2.45, 2.75) is 72.6 Å². The molecule has 2 aromatic rings. The lowest BCUT2D eigenvalue weighted by Gasteiger charge is -2.26. The van der Waals surface area contributed by atoms with Crippen molar-refractivity contribution in [1.82, 2.24) is 14.7 Å². The first-order valence-electron chi connectivity index (χ1n) is 11.8. The SMILES string of the molecule is Cc1ccccc1-n1nc(C(C)(C)C)cc1NC(=O)CN(CC(C)C)C(=O)C1CCCC1. The predicted octanol–water partition coefficient (Wildman–Crippen LogP) is 5.09. The van der Waals surface area contributed by atoms with Crippen molar-refractivity contribution in [1.29, 1.82) is 0 Å². The van der Waals surface area contributed by atoms with Crippen LogP contribution in [0.15, 0.2) is 30.3 Å². The lowest BCUT2D eigenvalue weighted by atomic mass is 9.92. The van der Waals surface area contributed by atoms with Gasteiger partial charge >= 0.3 is 0 Å². The maximum atomic E-state index is 13.1. The smallest absolute Gasteiger partial charge is 0.245 e. The first-order chi connectivity index (χ1) is 15.1. The second kappa shape index (κ2) is 9.88. The first kappa shape index (κ1) is 24.0. The molecule has 0 spiro atoms. The molecule has 3 rings (SSSR count). The summed E-state index contributed by atoms with van der Waals surface area (Å²) in [7, 11) is 0. The van der Waals surface area contributed by atoms with Crippen LogP contribution in [0.5, 0.6) is 0 Å². The Balaban J connectivity index is 1.84. The molecule has 1 aromatic carbocycles. The second-order valence-electron chi connectivity index (χ2n) is 10.5. The topological polar surface area (TPSA) is 67.2 Å². The van der Waals surface area contributed by atoms with Gasteiger partial charge in [0.15, 0.2) is 0 Å². The highest BCUT2D eigenvalue weighted by atomic mass is 16.2. The molecule has 2 amide bonds. The number of hydrogen-bond acceptors (Lipinski definition) is 3. The van der Waals surface area contributed by atoms with Crippen molar-refractivity contribution in [3.8, 4) is 5.69 Å². The standard InChI is InChI=1S/C26H38N4O2/c1-18(2)16-29(25(32)20-12-8-9-13-20)17-24(31)27-23-15-22(26(4,5)6)28-30(23)21-14-10-7-11-19(21)3/h7,10-11,14-15,18,20H,8-9,12-13,16-17H2,1-6H3,(H,27,31). The van der Waals surface area contributed by atoms with Crippen LogP contribution >= 0.6 is 0 Å². The van der Waals surface area contributed by atoms with Crippen LogP contribution in [0, 0.1) is 18.8 Å². The molecule has 1 heterocycles. The van der Waals surface area contributed by atoms with E-state index in [-0.39, 0.29) is 29.7 Å². The summed E-state index contributed by atoms with van der Waals surface area (Å²) in [6, 6.07) is 9.93. The predicted molar refractivity (Wildman–Crippen MR) is 129 cm³/mol. The molecule has 0 saturated heterocycles. The molecule has 32 heavy (non-hydrogen) atoms. The molecule has 0 bridgehead atoms. The number of rotatable bonds is 7. The third-order valence-corrected chi connectivity index (χ3v) is 6.02. The molecule has 1 aliphatic rings. The van der Waals surface area contributed by atoms with Gasteiger partial charge in [0.25, 0.3) is 0 Å². The lowest BCUT2D eigenvalue weighted by Crippen LogP contribution is -2.42. The Labute approximate surface area is 192 Å². The first-order valence-corrected chi connectivity index (χ1v) is 11.8. The molecule has 0 atom stereocenters. The van der Waals surface area contributed by atoms with E-state index in [1.165, 1.54) is 0 Å². The Hall–Kier alpha value is -2.63. The zero-order valence-corrected chi connectivity index (χ0v) is 20.4. The van der Waals surface area contributed by atoms with Crippen LogP contribution in [0.2, 0.25) is 0 Å². The summed E-state index contributed by atoms with van der Waals surface area (Å²) in [5.74, 6) is 0.929. The normalized spacial score (nSPS) is 14.7. The Bertz CT molecular complexity index is 949. The summed E-state index contributed by atoms with van der Waals surface area (Å²) in [4.78, 5) is 27.9. The van der Waals surface area contributed by atoms with E-state index in [9.17, 15) is 9.59 Å². The molecular formula is C26H38N4O2. The van der Waals surface area contributed by atoms with E-state index in [1.54, 1.807) is 9.58 Å². The Morgan fingerprint density at radius 2 is 1.84 bits per heavy atom. The van der Waals surface area contributed by atoms with E-state index in [0.29, 0.717) is 18.3 Å². The lowest BCUT2D eigenvalue weighted by molar-refractivity contribution is -0.138. The number of para-hydroxylation sites is 1. The van der Waals surface area contributed by atoms with Gasteiger partial charge in [-0.1, -0.05) is 65.7 Å². The molecule has 1 N–H and O–H groups in total. The molecule has 1 aromatic heterocycles. The van der Waals surface area contributed by atoms with Gasteiger partial charge in [-0.25, -0.2) is 4.68 Å². The van der Waals surface area contributed by atoms with Crippen LogP contribution in [0.3, 0.4) is 0 Å². The van der Waals surface area contributed by atoms with Gasteiger partial charge in [-0.05, 0) is 37.3 Å². The quantitative estimate of drug-likeness (QED) is 0.655. The van der Waals surface area contributed by atoms with Crippen LogP contribution in [-0.2, 0) is 15.0 Å². The fourth-order valence-corrected chi connectivity index (χ4v) is 4.28. The number of nitrogens with one attached hydrogen (secondary N) is 1. The number of benzene rings is 1. The summed E-state index contributed by atoms with van der Waals surface area (Å²) < 4.78 is 1.80. The summed E-state index contributed by atoms with van der Waals surface area (Å²) >= 11 is 0. The summed E-state index contributed by atoms with van der Waals surface area (Å²) in [6.07, 6.45) is 4.07. The van der Waals surface area contributed by atoms with Gasteiger partial charge in [-0.3, -0.25) is 9.59 Å². The summed E-state index contributed by atoms with van der Waals surface area (Å²) in [5, 5.41) is 7.86. The average Bonchev–Trinajstić information content (AvgIpc) is 3.37. The fourth-order valence-electron chi connectivity index (χ4n) is 4.28. The van der Waals surface area contributed by atoms with E-state index < -0.39 is 0 Å². The molecule has 6 nitrogen and oxygen atoms in total. The van der Waals surface area contributed by atoms with Crippen molar-refractivity contribution in [3.63, 3.8) is 0 Å². The molecule has 0 radical (unpaired) electrons. The average molecular weight is 439 g/mol. The van der Waals surface area contributed by atoms with Gasteiger partial charge in [0, 0.05) is 23.9 Å². The third kappa shape index (κ3) is 5.78. The zero-order valence-electron chi connectivity index (χ0n) is 20.4. The van der Waals surface area contributed by atoms with Crippen LogP contribution in [0.1, 0.15) is 71.6 Å². The molecular weight excluding hydrogens is 400 g/mol. The molecule has 1 aliphatic carbocycles. The van der Waals surface area contributed by atoms with Gasteiger partial charge in [0.05, 0.1) is 17.9 Å². The molecule has 6 heteroatoms. The van der Waals surface area contributed by atoms with Crippen LogP contribution in [0.4, 0.5) is 5.82 Å². The third-order valence-electron chi connectivity index (χ3n) is 6.02. The fraction of sp³-hybridized carbons (Fsp3) is 0.577. The van der Waals surface area contributed by atoms with Gasteiger partial charge < -0.3 is 10.2 Å². The molecule has 0 unspecified atom stereocenters. The van der Waals surface area contributed by atoms with Crippen molar-refractivity contribution >= 4 is 17.6 Å². The van der Waals surface area contributed by atoms with Gasteiger partial charge in [0.1, 0.15) is 5.82 Å². The monoisotopic (exact) mass is 438 g/mol. The number of carbonyl (C=O) groups excluding carboxylic acids is 2. The number of carbonyl (C=O) groups is 2. The summed E-state index contributed by atoms with van der Waals surface area (Å²) in [5.41, 5.74) is 2.75. The Kier molecular flexibility index (Phi) is 7.42. The van der Waals surface area contributed by atoms with Gasteiger partial charge in [-0.2, -0.15) is 5.10 Å². The number of amides is 2. The van der Waals surface area contributed by atoms with Gasteiger partial charge in [-0.15, -0.1) is 0 Å². The van der Waals surface area contributed by atoms with E-state index in [4.69, 9.17) is 5.10 Å². The largest absolute Gasteiger partial charge is 0.333 e. The summed E-state index contributed by atoms with van der Waals surface area (Å²) in [6.45, 7) is 13.2. The number of anilines is 1. The molecule has 0 aliphatic heterocycles. The van der Waals surface area contributed by atoms with Crippen molar-refractivity contribution < 1.29 is 9.59 Å². The zero-order chi connectivity index (χ0) is 23.5. The van der Waals surface area contributed by atoms with Crippen LogP contribution in [-0.4, -0.2) is 39.6 Å². The highest BCUT2D eigenvalue weighted by Crippen LogP contribution is 2.28. The number of hydrogen-bond donors (Lipinski definition) is 1. The van der Waals surface area contributed by atoms with E-state index in [1.807, 2.05) is 37.3 Å². The van der Waals surface area contributed by atoms with Crippen LogP contribution < -0.4 is 5.32 Å². The highest BCUT2D eigenvalue weighted by molar-refractivity contribution is 5.94. The van der Waals surface area contributed by atoms with E-state index in [2.05, 4.69) is 39.9 Å². The number of aryl methyl sites for hydroxylation is 1. The number of nitrogens with zero attached hydrogens (tertiary/aromatic N) is 3. The van der Waals surface area contributed by atoms with E-state index in [0.717, 1.165) is 42.6 Å². The Morgan fingerprint density at radius 3 is 2.44 bits per heavy atom. The minimum absolute atomic E-state index is 0.0616. The highest BCUT2D eigenvalue weighted by Gasteiger charge is 2.29. The Morgan fingerprint density at radius 1 is 1.19 bits per heavy atom. The van der Waals surface area contributed by atoms with Crippen molar-refractivity contribution in [2.24, 2.45) is 11.8 Å². The maximum Gasteiger partial charge on any atom is 0.245 e. The molecule has 174 valence electrons. The van der Waals surface area contributed by atoms with Gasteiger partial charge in [0.2, 0.25) is 11.8 Å².